The van der Waals surface area contributed by atoms with Crippen LogP contribution in [0.5, 0.6) is 0 Å². The summed E-state index contributed by atoms with van der Waals surface area (Å²) in [5.41, 5.74) is 0.0622. The number of benzene rings is 1. The average molecular weight is 220 g/mol. The molecule has 1 aromatic heterocycles. The van der Waals surface area contributed by atoms with Gasteiger partial charge in [-0.3, -0.25) is 4.79 Å². The quantitative estimate of drug-likeness (QED) is 0.843. The summed E-state index contributed by atoms with van der Waals surface area (Å²) in [6.07, 6.45) is 0. The fourth-order valence-corrected chi connectivity index (χ4v) is 2.67. The topological polar surface area (TPSA) is 37.3 Å². The highest BCUT2D eigenvalue weighted by molar-refractivity contribution is 7.17. The van der Waals surface area contributed by atoms with Crippen molar-refractivity contribution in [1.82, 2.24) is 0 Å². The van der Waals surface area contributed by atoms with Crippen molar-refractivity contribution in [2.75, 3.05) is 0 Å². The number of rotatable bonds is 2. The van der Waals surface area contributed by atoms with Gasteiger partial charge in [0.2, 0.25) is 0 Å². The van der Waals surface area contributed by atoms with Crippen molar-refractivity contribution in [2.45, 2.75) is 19.3 Å². The molecule has 0 fully saturated rings. The van der Waals surface area contributed by atoms with Crippen LogP contribution in [0.15, 0.2) is 29.6 Å². The number of fused-ring (bicyclic) bond motifs is 1. The SMILES string of the molecule is CC(C)(C(=O)O)c1cccc2ccsc12. The van der Waals surface area contributed by atoms with E-state index in [0.717, 1.165) is 15.6 Å². The first-order valence-electron chi connectivity index (χ1n) is 4.73. The number of carbonyl (C=O) groups is 1. The van der Waals surface area contributed by atoms with Crippen LogP contribution in [0.4, 0.5) is 0 Å². The largest absolute Gasteiger partial charge is 0.481 e. The maximum Gasteiger partial charge on any atom is 0.313 e. The molecule has 0 radical (unpaired) electrons. The highest BCUT2D eigenvalue weighted by atomic mass is 32.1. The van der Waals surface area contributed by atoms with Crippen LogP contribution in [-0.4, -0.2) is 11.1 Å². The molecule has 78 valence electrons. The Hall–Kier alpha value is -1.35. The number of carboxylic acids is 1. The number of thiophene rings is 1. The Kier molecular flexibility index (Phi) is 2.27. The zero-order valence-corrected chi connectivity index (χ0v) is 9.47. The van der Waals surface area contributed by atoms with Crippen LogP contribution in [0.3, 0.4) is 0 Å². The van der Waals surface area contributed by atoms with E-state index < -0.39 is 11.4 Å². The van der Waals surface area contributed by atoms with Crippen molar-refractivity contribution in [3.05, 3.63) is 35.2 Å². The molecule has 1 N–H and O–H groups in total. The van der Waals surface area contributed by atoms with Crippen LogP contribution in [0.25, 0.3) is 10.1 Å². The van der Waals surface area contributed by atoms with Gasteiger partial charge in [0.15, 0.2) is 0 Å². The molecule has 0 spiro atoms. The fourth-order valence-electron chi connectivity index (χ4n) is 1.60. The summed E-state index contributed by atoms with van der Waals surface area (Å²) in [7, 11) is 0. The smallest absolute Gasteiger partial charge is 0.313 e. The van der Waals surface area contributed by atoms with Gasteiger partial charge in [0.1, 0.15) is 0 Å². The normalized spacial score (nSPS) is 11.9. The predicted octanol–water partition coefficient (Wildman–Crippen LogP) is 3.26. The van der Waals surface area contributed by atoms with Crippen LogP contribution < -0.4 is 0 Å². The molecular weight excluding hydrogens is 208 g/mol. The molecule has 0 saturated carbocycles. The molecule has 0 aliphatic heterocycles. The summed E-state index contributed by atoms with van der Waals surface area (Å²) in [5, 5.41) is 12.3. The van der Waals surface area contributed by atoms with Crippen LogP contribution in [0.2, 0.25) is 0 Å². The van der Waals surface area contributed by atoms with Crippen LogP contribution in [-0.2, 0) is 10.2 Å². The summed E-state index contributed by atoms with van der Waals surface area (Å²) in [5.74, 6) is -0.789. The second-order valence-corrected chi connectivity index (χ2v) is 4.99. The van der Waals surface area contributed by atoms with Crippen molar-refractivity contribution < 1.29 is 9.90 Å². The standard InChI is InChI=1S/C12H12O2S/c1-12(2,11(13)14)9-5-3-4-8-6-7-15-10(8)9/h3-7H,1-2H3,(H,13,14). The number of aliphatic carboxylic acids is 1. The third kappa shape index (κ3) is 1.53. The molecule has 0 atom stereocenters. The molecule has 0 amide bonds. The van der Waals surface area contributed by atoms with E-state index in [9.17, 15) is 9.90 Å². The molecule has 3 heteroatoms. The van der Waals surface area contributed by atoms with E-state index in [1.165, 1.54) is 0 Å². The molecule has 15 heavy (non-hydrogen) atoms. The van der Waals surface area contributed by atoms with Crippen molar-refractivity contribution in [2.24, 2.45) is 0 Å². The van der Waals surface area contributed by atoms with Crippen LogP contribution >= 0.6 is 11.3 Å². The van der Waals surface area contributed by atoms with Gasteiger partial charge in [0, 0.05) is 4.70 Å². The van der Waals surface area contributed by atoms with E-state index in [1.54, 1.807) is 25.2 Å². The molecule has 1 aromatic carbocycles. The molecular formula is C12H12O2S. The van der Waals surface area contributed by atoms with Crippen molar-refractivity contribution >= 4 is 27.4 Å². The fraction of sp³-hybridized carbons (Fsp3) is 0.250. The average Bonchev–Trinajstić information content (AvgIpc) is 2.64. The first-order valence-corrected chi connectivity index (χ1v) is 5.61. The molecule has 0 bridgehead atoms. The minimum absolute atomic E-state index is 0.789. The summed E-state index contributed by atoms with van der Waals surface area (Å²) in [6, 6.07) is 7.83. The van der Waals surface area contributed by atoms with Crippen molar-refractivity contribution in [1.29, 1.82) is 0 Å². The van der Waals surface area contributed by atoms with Crippen molar-refractivity contribution in [3.8, 4) is 0 Å². The van der Waals surface area contributed by atoms with Gasteiger partial charge in [-0.25, -0.2) is 0 Å². The van der Waals surface area contributed by atoms with E-state index in [-0.39, 0.29) is 0 Å². The van der Waals surface area contributed by atoms with E-state index >= 15 is 0 Å². The minimum atomic E-state index is -0.829. The molecule has 2 nitrogen and oxygen atoms in total. The van der Waals surface area contributed by atoms with Crippen molar-refractivity contribution in [3.63, 3.8) is 0 Å². The first kappa shape index (κ1) is 10.2. The van der Waals surface area contributed by atoms with Gasteiger partial charge in [-0.2, -0.15) is 0 Å². The Balaban J connectivity index is 2.71. The summed E-state index contributed by atoms with van der Waals surface area (Å²) < 4.78 is 1.07. The Morgan fingerprint density at radius 2 is 2.07 bits per heavy atom. The summed E-state index contributed by atoms with van der Waals surface area (Å²) in [6.45, 7) is 3.48. The molecule has 1 heterocycles. The third-order valence-electron chi connectivity index (χ3n) is 2.69. The van der Waals surface area contributed by atoms with E-state index in [0.29, 0.717) is 0 Å². The summed E-state index contributed by atoms with van der Waals surface area (Å²) >= 11 is 1.59. The van der Waals surface area contributed by atoms with Gasteiger partial charge < -0.3 is 5.11 Å². The minimum Gasteiger partial charge on any atom is -0.481 e. The Labute approximate surface area is 92.2 Å². The van der Waals surface area contributed by atoms with E-state index in [2.05, 4.69) is 0 Å². The van der Waals surface area contributed by atoms with Gasteiger partial charge in [0.05, 0.1) is 5.41 Å². The summed E-state index contributed by atoms with van der Waals surface area (Å²) in [4.78, 5) is 11.2. The molecule has 0 aliphatic rings. The van der Waals surface area contributed by atoms with Crippen LogP contribution in [0.1, 0.15) is 19.4 Å². The Morgan fingerprint density at radius 3 is 2.73 bits per heavy atom. The molecule has 0 aliphatic carbocycles. The number of carboxylic acid groups (broad SMARTS) is 1. The second-order valence-electron chi connectivity index (χ2n) is 4.07. The lowest BCUT2D eigenvalue weighted by molar-refractivity contribution is -0.142. The van der Waals surface area contributed by atoms with Gasteiger partial charge >= 0.3 is 5.97 Å². The van der Waals surface area contributed by atoms with Gasteiger partial charge in [-0.1, -0.05) is 18.2 Å². The van der Waals surface area contributed by atoms with Gasteiger partial charge in [-0.15, -0.1) is 11.3 Å². The number of hydrogen-bond acceptors (Lipinski definition) is 2. The van der Waals surface area contributed by atoms with E-state index in [1.807, 2.05) is 29.6 Å². The first-order chi connectivity index (χ1) is 7.03. The molecule has 0 unspecified atom stereocenters. The zero-order valence-electron chi connectivity index (χ0n) is 8.65. The molecule has 0 saturated heterocycles. The van der Waals surface area contributed by atoms with Crippen LogP contribution in [0, 0.1) is 0 Å². The zero-order chi connectivity index (χ0) is 11.1. The highest BCUT2D eigenvalue weighted by Gasteiger charge is 2.31. The third-order valence-corrected chi connectivity index (χ3v) is 3.65. The monoisotopic (exact) mass is 220 g/mol. The highest BCUT2D eigenvalue weighted by Crippen LogP contribution is 2.33. The Morgan fingerprint density at radius 1 is 1.33 bits per heavy atom. The van der Waals surface area contributed by atoms with E-state index in [4.69, 9.17) is 0 Å². The number of hydrogen-bond donors (Lipinski definition) is 1. The predicted molar refractivity (Wildman–Crippen MR) is 62.5 cm³/mol. The van der Waals surface area contributed by atoms with Gasteiger partial charge in [0.25, 0.3) is 0 Å². The second kappa shape index (κ2) is 3.35. The van der Waals surface area contributed by atoms with Gasteiger partial charge in [-0.05, 0) is 36.2 Å². The molecule has 2 rings (SSSR count). The lowest BCUT2D eigenvalue weighted by atomic mass is 9.84. The maximum atomic E-state index is 11.2. The lowest BCUT2D eigenvalue weighted by Crippen LogP contribution is -2.28. The Bertz CT molecular complexity index is 511. The molecule has 2 aromatic rings. The lowest BCUT2D eigenvalue weighted by Gasteiger charge is -2.20. The maximum absolute atomic E-state index is 11.2.